The van der Waals surface area contributed by atoms with Crippen molar-refractivity contribution in [1.82, 2.24) is 0 Å². The van der Waals surface area contributed by atoms with Crippen molar-refractivity contribution < 1.29 is 19.1 Å². The van der Waals surface area contributed by atoms with Crippen LogP contribution in [0.25, 0.3) is 0 Å². The molecule has 4 nitrogen and oxygen atoms in total. The molecule has 0 spiro atoms. The van der Waals surface area contributed by atoms with Crippen LogP contribution in [-0.4, -0.2) is 11.9 Å². The van der Waals surface area contributed by atoms with E-state index in [1.54, 1.807) is 12.1 Å². The van der Waals surface area contributed by atoms with Crippen LogP contribution in [0.5, 0.6) is 5.75 Å². The van der Waals surface area contributed by atoms with E-state index < -0.39 is 5.97 Å². The third-order valence-corrected chi connectivity index (χ3v) is 8.78. The summed E-state index contributed by atoms with van der Waals surface area (Å²) in [5.74, 6) is 2.17. The van der Waals surface area contributed by atoms with Gasteiger partial charge in [-0.2, -0.15) is 0 Å². The maximum absolute atomic E-state index is 12.9. The molecule has 2 aliphatic rings. The topological polar surface area (TPSA) is 52.6 Å². The number of rotatable bonds is 10. The third-order valence-electron chi connectivity index (χ3n) is 8.47. The van der Waals surface area contributed by atoms with Gasteiger partial charge in [-0.1, -0.05) is 87.4 Å². The van der Waals surface area contributed by atoms with Crippen LogP contribution >= 0.6 is 11.6 Å². The van der Waals surface area contributed by atoms with Crippen LogP contribution in [0.4, 0.5) is 0 Å². The van der Waals surface area contributed by atoms with E-state index in [4.69, 9.17) is 21.1 Å². The van der Waals surface area contributed by atoms with Gasteiger partial charge in [0, 0.05) is 6.07 Å². The Hall–Kier alpha value is -2.33. The second-order valence-electron chi connectivity index (χ2n) is 11.0. The lowest BCUT2D eigenvalue weighted by molar-refractivity contribution is -0.140. The van der Waals surface area contributed by atoms with Gasteiger partial charge in [-0.3, -0.25) is 4.79 Å². The number of ether oxygens (including phenoxy) is 2. The standard InChI is InChI=1S/C32H41ClO4/c1-2-3-5-8-23-11-13-25(14-12-23)26-15-17-27(18-16-26)31(34)37-28-19-20-29(30(33)21-28)32(35)36-22-24-9-6-4-7-10-24/h4,6-7,9-10,19-21,23,25-27H,2-3,5,8,11-18,22H2,1H3. The molecule has 0 amide bonds. The summed E-state index contributed by atoms with van der Waals surface area (Å²) < 4.78 is 11.0. The van der Waals surface area contributed by atoms with E-state index in [0.717, 1.165) is 49.0 Å². The molecule has 0 radical (unpaired) electrons. The molecule has 200 valence electrons. The zero-order valence-corrected chi connectivity index (χ0v) is 22.9. The molecule has 2 saturated carbocycles. The van der Waals surface area contributed by atoms with Gasteiger partial charge in [0.05, 0.1) is 16.5 Å². The van der Waals surface area contributed by atoms with Crippen LogP contribution in [0.1, 0.15) is 99.9 Å². The predicted molar refractivity (Wildman–Crippen MR) is 148 cm³/mol. The molecule has 2 aliphatic carbocycles. The summed E-state index contributed by atoms with van der Waals surface area (Å²) >= 11 is 6.33. The number of unbranched alkanes of at least 4 members (excludes halogenated alkanes) is 2. The third kappa shape index (κ3) is 8.07. The van der Waals surface area contributed by atoms with Crippen LogP contribution < -0.4 is 4.74 Å². The summed E-state index contributed by atoms with van der Waals surface area (Å²) in [6.07, 6.45) is 15.1. The molecule has 2 aromatic carbocycles. The van der Waals surface area contributed by atoms with Crippen molar-refractivity contribution in [3.05, 3.63) is 64.7 Å². The SMILES string of the molecule is CCCCCC1CCC(C2CCC(C(=O)Oc3ccc(C(=O)OCc4ccccc4)c(Cl)c3)CC2)CC1. The summed E-state index contributed by atoms with van der Waals surface area (Å²) in [5.41, 5.74) is 1.17. The van der Waals surface area contributed by atoms with E-state index in [1.807, 2.05) is 30.3 Å². The second-order valence-corrected chi connectivity index (χ2v) is 11.4. The zero-order valence-electron chi connectivity index (χ0n) is 22.1. The zero-order chi connectivity index (χ0) is 26.0. The normalized spacial score (nSPS) is 23.8. The molecular weight excluding hydrogens is 484 g/mol. The summed E-state index contributed by atoms with van der Waals surface area (Å²) in [5, 5.41) is 0.220. The Labute approximate surface area is 227 Å². The molecule has 4 rings (SSSR count). The first kappa shape index (κ1) is 27.7. The Bertz CT molecular complexity index is 1000. The van der Waals surface area contributed by atoms with E-state index in [1.165, 1.54) is 57.4 Å². The van der Waals surface area contributed by atoms with Gasteiger partial charge < -0.3 is 9.47 Å². The number of halogens is 1. The summed E-state index contributed by atoms with van der Waals surface area (Å²) in [6.45, 7) is 2.45. The number of carbonyl (C=O) groups is 2. The van der Waals surface area contributed by atoms with Gasteiger partial charge >= 0.3 is 11.9 Å². The Morgan fingerprint density at radius 1 is 0.865 bits per heavy atom. The molecule has 0 aliphatic heterocycles. The largest absolute Gasteiger partial charge is 0.457 e. The van der Waals surface area contributed by atoms with Crippen LogP contribution in [-0.2, 0) is 16.1 Å². The molecule has 0 unspecified atom stereocenters. The van der Waals surface area contributed by atoms with E-state index in [2.05, 4.69) is 6.92 Å². The van der Waals surface area contributed by atoms with Crippen LogP contribution in [0, 0.1) is 23.7 Å². The number of esters is 2. The molecule has 0 atom stereocenters. The molecule has 0 saturated heterocycles. The number of carbonyl (C=O) groups excluding carboxylic acids is 2. The van der Waals surface area contributed by atoms with Gasteiger partial charge in [0.25, 0.3) is 0 Å². The summed E-state index contributed by atoms with van der Waals surface area (Å²) in [4.78, 5) is 25.3. The number of benzene rings is 2. The number of hydrogen-bond donors (Lipinski definition) is 0. The first-order valence-electron chi connectivity index (χ1n) is 14.3. The fraction of sp³-hybridized carbons (Fsp3) is 0.562. The molecule has 37 heavy (non-hydrogen) atoms. The minimum Gasteiger partial charge on any atom is -0.457 e. The van der Waals surface area contributed by atoms with Gasteiger partial charge in [-0.25, -0.2) is 4.79 Å². The molecule has 5 heteroatoms. The first-order chi connectivity index (χ1) is 18.0. The lowest BCUT2D eigenvalue weighted by Crippen LogP contribution is -2.30. The quantitative estimate of drug-likeness (QED) is 0.177. The minimum absolute atomic E-state index is 0.0593. The van der Waals surface area contributed by atoms with Crippen molar-refractivity contribution in [1.29, 1.82) is 0 Å². The van der Waals surface area contributed by atoms with Crippen molar-refractivity contribution >= 4 is 23.5 Å². The average Bonchev–Trinajstić information content (AvgIpc) is 2.93. The lowest BCUT2D eigenvalue weighted by atomic mass is 9.68. The van der Waals surface area contributed by atoms with Gasteiger partial charge in [-0.15, -0.1) is 0 Å². The smallest absolute Gasteiger partial charge is 0.339 e. The van der Waals surface area contributed by atoms with Crippen molar-refractivity contribution in [3.63, 3.8) is 0 Å². The number of hydrogen-bond acceptors (Lipinski definition) is 4. The van der Waals surface area contributed by atoms with Crippen molar-refractivity contribution in [2.24, 2.45) is 23.7 Å². The highest BCUT2D eigenvalue weighted by atomic mass is 35.5. The second kappa shape index (κ2) is 14.0. The van der Waals surface area contributed by atoms with Gasteiger partial charge in [-0.05, 0) is 74.0 Å². The Kier molecular flexibility index (Phi) is 10.5. The fourth-order valence-electron chi connectivity index (χ4n) is 6.18. The van der Waals surface area contributed by atoms with Gasteiger partial charge in [0.15, 0.2) is 0 Å². The summed E-state index contributed by atoms with van der Waals surface area (Å²) in [7, 11) is 0. The highest BCUT2D eigenvalue weighted by molar-refractivity contribution is 6.33. The molecular formula is C32H41ClO4. The van der Waals surface area contributed by atoms with Gasteiger partial charge in [0.2, 0.25) is 0 Å². The Balaban J connectivity index is 1.20. The lowest BCUT2D eigenvalue weighted by Gasteiger charge is -2.37. The highest BCUT2D eigenvalue weighted by Gasteiger charge is 2.33. The summed E-state index contributed by atoms with van der Waals surface area (Å²) in [6, 6.07) is 14.2. The maximum atomic E-state index is 12.9. The monoisotopic (exact) mass is 524 g/mol. The average molecular weight is 525 g/mol. The Morgan fingerprint density at radius 2 is 1.54 bits per heavy atom. The van der Waals surface area contributed by atoms with Crippen molar-refractivity contribution in [2.75, 3.05) is 0 Å². The minimum atomic E-state index is -0.500. The van der Waals surface area contributed by atoms with Gasteiger partial charge in [0.1, 0.15) is 12.4 Å². The maximum Gasteiger partial charge on any atom is 0.339 e. The first-order valence-corrected chi connectivity index (χ1v) is 14.6. The van der Waals surface area contributed by atoms with Crippen LogP contribution in [0.3, 0.4) is 0 Å². The van der Waals surface area contributed by atoms with Crippen molar-refractivity contribution in [3.8, 4) is 5.75 Å². The highest BCUT2D eigenvalue weighted by Crippen LogP contribution is 2.42. The molecule has 2 aromatic rings. The Morgan fingerprint density at radius 3 is 2.19 bits per heavy atom. The van der Waals surface area contributed by atoms with E-state index >= 15 is 0 Å². The molecule has 0 aromatic heterocycles. The van der Waals surface area contributed by atoms with E-state index in [0.29, 0.717) is 5.75 Å². The predicted octanol–water partition coefficient (Wildman–Crippen LogP) is 8.80. The van der Waals surface area contributed by atoms with E-state index in [-0.39, 0.29) is 29.1 Å². The molecule has 0 N–H and O–H groups in total. The molecule has 0 heterocycles. The molecule has 0 bridgehead atoms. The fourth-order valence-corrected chi connectivity index (χ4v) is 6.43. The van der Waals surface area contributed by atoms with E-state index in [9.17, 15) is 9.59 Å². The van der Waals surface area contributed by atoms with Crippen LogP contribution in [0.2, 0.25) is 5.02 Å². The van der Waals surface area contributed by atoms with Crippen LogP contribution in [0.15, 0.2) is 48.5 Å². The van der Waals surface area contributed by atoms with Crippen molar-refractivity contribution in [2.45, 2.75) is 90.6 Å². The molecule has 2 fully saturated rings.